The number of amides is 1. The molecule has 29 heavy (non-hydrogen) atoms. The first-order chi connectivity index (χ1) is 14.0. The SMILES string of the molecule is O=C(NO)[C@H]1O[C@@H](n2cnc3c(NCc4cccc(I)c4)ncnc32)[C@H](O)[C@@H]1O. The van der Waals surface area contributed by atoms with Gasteiger partial charge in [-0.05, 0) is 40.3 Å². The zero-order chi connectivity index (χ0) is 20.5. The summed E-state index contributed by atoms with van der Waals surface area (Å²) < 4.78 is 7.97. The number of nitrogens with zero attached hydrogens (tertiary/aromatic N) is 4. The minimum absolute atomic E-state index is 0.353. The Morgan fingerprint density at radius 3 is 2.83 bits per heavy atom. The summed E-state index contributed by atoms with van der Waals surface area (Å²) in [6.07, 6.45) is -2.77. The van der Waals surface area contributed by atoms with Crippen LogP contribution in [0.4, 0.5) is 5.82 Å². The van der Waals surface area contributed by atoms with Gasteiger partial charge in [-0.1, -0.05) is 12.1 Å². The fourth-order valence-corrected chi connectivity index (χ4v) is 3.78. The van der Waals surface area contributed by atoms with E-state index in [-0.39, 0.29) is 0 Å². The average molecular weight is 512 g/mol. The number of hydrogen-bond donors (Lipinski definition) is 5. The highest BCUT2D eigenvalue weighted by Crippen LogP contribution is 2.32. The second-order valence-corrected chi connectivity index (χ2v) is 7.68. The molecule has 0 spiro atoms. The van der Waals surface area contributed by atoms with Gasteiger partial charge in [0.05, 0.1) is 6.33 Å². The number of aliphatic hydroxyl groups excluding tert-OH is 2. The number of benzene rings is 1. The summed E-state index contributed by atoms with van der Waals surface area (Å²) in [5.74, 6) is -0.469. The maximum atomic E-state index is 11.6. The van der Waals surface area contributed by atoms with E-state index in [1.165, 1.54) is 22.7 Å². The molecule has 2 aromatic heterocycles. The molecule has 0 unspecified atom stereocenters. The number of carbonyl (C=O) groups is 1. The number of ether oxygens (including phenoxy) is 1. The van der Waals surface area contributed by atoms with Gasteiger partial charge in [0.2, 0.25) is 0 Å². The first-order valence-corrected chi connectivity index (χ1v) is 9.69. The topological polar surface area (TPSA) is 155 Å². The summed E-state index contributed by atoms with van der Waals surface area (Å²) in [6.45, 7) is 0.524. The van der Waals surface area contributed by atoms with Crippen LogP contribution in [0.25, 0.3) is 11.2 Å². The molecule has 1 aromatic carbocycles. The predicted molar refractivity (Wildman–Crippen MR) is 108 cm³/mol. The third-order valence-electron chi connectivity index (χ3n) is 4.59. The van der Waals surface area contributed by atoms with Crippen LogP contribution >= 0.6 is 22.6 Å². The Balaban J connectivity index is 1.60. The van der Waals surface area contributed by atoms with E-state index in [1.54, 1.807) is 0 Å². The molecular formula is C17H17IN6O5. The summed E-state index contributed by atoms with van der Waals surface area (Å²) in [4.78, 5) is 24.3. The molecular weight excluding hydrogens is 495 g/mol. The number of imidazole rings is 1. The van der Waals surface area contributed by atoms with Crippen LogP contribution in [0.3, 0.4) is 0 Å². The normalized spacial score (nSPS) is 24.0. The molecule has 3 aromatic rings. The van der Waals surface area contributed by atoms with Crippen molar-refractivity contribution < 1.29 is 25.0 Å². The van der Waals surface area contributed by atoms with Crippen molar-refractivity contribution in [1.82, 2.24) is 25.0 Å². The maximum absolute atomic E-state index is 11.6. The summed E-state index contributed by atoms with van der Waals surface area (Å²) in [5, 5.41) is 32.4. The summed E-state index contributed by atoms with van der Waals surface area (Å²) in [7, 11) is 0. The van der Waals surface area contributed by atoms with E-state index in [4.69, 9.17) is 9.94 Å². The van der Waals surface area contributed by atoms with Gasteiger partial charge in [-0.2, -0.15) is 0 Å². The molecule has 1 aliphatic heterocycles. The standard InChI is InChI=1S/C17H17IN6O5/c18-9-3-1-2-8(4-9)5-19-14-10-15(21-6-20-14)24(7-22-10)17-12(26)11(25)13(29-17)16(27)23-28/h1-4,6-7,11-13,17,25-26,28H,5H2,(H,23,27)(H,19,20,21)/t11-,12+,13-,17+/m0/s1. The van der Waals surface area contributed by atoms with Crippen LogP contribution in [0.2, 0.25) is 0 Å². The quantitative estimate of drug-likeness (QED) is 0.183. The summed E-state index contributed by atoms with van der Waals surface area (Å²) in [5.41, 5.74) is 3.27. The molecule has 1 amide bonds. The van der Waals surface area contributed by atoms with Crippen molar-refractivity contribution in [3.63, 3.8) is 0 Å². The van der Waals surface area contributed by atoms with Gasteiger partial charge in [0.15, 0.2) is 29.3 Å². The molecule has 4 rings (SSSR count). The number of hydroxylamine groups is 1. The summed E-state index contributed by atoms with van der Waals surface area (Å²) >= 11 is 2.24. The monoisotopic (exact) mass is 512 g/mol. The van der Waals surface area contributed by atoms with Crippen LogP contribution in [0.15, 0.2) is 36.9 Å². The zero-order valence-electron chi connectivity index (χ0n) is 14.8. The molecule has 0 radical (unpaired) electrons. The lowest BCUT2D eigenvalue weighted by atomic mass is 10.1. The van der Waals surface area contributed by atoms with Crippen LogP contribution in [-0.4, -0.2) is 59.2 Å². The van der Waals surface area contributed by atoms with E-state index in [9.17, 15) is 15.0 Å². The van der Waals surface area contributed by atoms with Crippen molar-refractivity contribution in [2.75, 3.05) is 5.32 Å². The van der Waals surface area contributed by atoms with E-state index in [2.05, 4.69) is 42.9 Å². The van der Waals surface area contributed by atoms with Crippen LogP contribution in [-0.2, 0) is 16.1 Å². The summed E-state index contributed by atoms with van der Waals surface area (Å²) in [6, 6.07) is 8.00. The molecule has 0 aliphatic carbocycles. The van der Waals surface area contributed by atoms with E-state index in [0.717, 1.165) is 9.13 Å². The number of hydrogen-bond acceptors (Lipinski definition) is 9. The van der Waals surface area contributed by atoms with E-state index < -0.39 is 30.4 Å². The Hall–Kier alpha value is -2.39. The fraction of sp³-hybridized carbons (Fsp3) is 0.294. The number of rotatable bonds is 5. The lowest BCUT2D eigenvalue weighted by Gasteiger charge is -2.16. The van der Waals surface area contributed by atoms with Gasteiger partial charge in [0, 0.05) is 10.1 Å². The zero-order valence-corrected chi connectivity index (χ0v) is 17.0. The minimum Gasteiger partial charge on any atom is -0.387 e. The average Bonchev–Trinajstić information content (AvgIpc) is 3.28. The van der Waals surface area contributed by atoms with E-state index in [1.807, 2.05) is 24.3 Å². The van der Waals surface area contributed by atoms with E-state index in [0.29, 0.717) is 23.5 Å². The first kappa shape index (κ1) is 19.9. The van der Waals surface area contributed by atoms with Crippen LogP contribution in [0, 0.1) is 3.57 Å². The van der Waals surface area contributed by atoms with Gasteiger partial charge < -0.3 is 20.3 Å². The molecule has 1 aliphatic rings. The van der Waals surface area contributed by atoms with Crippen molar-refractivity contribution in [3.05, 3.63) is 46.1 Å². The van der Waals surface area contributed by atoms with Gasteiger partial charge in [-0.15, -0.1) is 0 Å². The lowest BCUT2D eigenvalue weighted by Crippen LogP contribution is -2.41. The number of halogens is 1. The van der Waals surface area contributed by atoms with Gasteiger partial charge in [-0.25, -0.2) is 20.4 Å². The third-order valence-corrected chi connectivity index (χ3v) is 5.26. The smallest absolute Gasteiger partial charge is 0.275 e. The molecule has 1 saturated heterocycles. The van der Waals surface area contributed by atoms with Crippen LogP contribution in [0.5, 0.6) is 0 Å². The molecule has 12 heteroatoms. The van der Waals surface area contributed by atoms with Crippen molar-refractivity contribution in [1.29, 1.82) is 0 Å². The molecule has 5 N–H and O–H groups in total. The number of aromatic nitrogens is 4. The molecule has 1 fully saturated rings. The van der Waals surface area contributed by atoms with Gasteiger partial charge in [0.1, 0.15) is 18.5 Å². The van der Waals surface area contributed by atoms with Gasteiger partial charge in [0.25, 0.3) is 5.91 Å². The minimum atomic E-state index is -1.52. The highest BCUT2D eigenvalue weighted by atomic mass is 127. The molecule has 0 bridgehead atoms. The molecule has 152 valence electrons. The highest BCUT2D eigenvalue weighted by molar-refractivity contribution is 14.1. The maximum Gasteiger partial charge on any atom is 0.275 e. The number of fused-ring (bicyclic) bond motifs is 1. The Morgan fingerprint density at radius 1 is 1.24 bits per heavy atom. The Bertz CT molecular complexity index is 1050. The van der Waals surface area contributed by atoms with Crippen LogP contribution in [0.1, 0.15) is 11.8 Å². The number of nitrogens with one attached hydrogen (secondary N) is 2. The lowest BCUT2D eigenvalue weighted by molar-refractivity contribution is -0.146. The third kappa shape index (κ3) is 3.76. The first-order valence-electron chi connectivity index (χ1n) is 8.61. The Morgan fingerprint density at radius 2 is 2.07 bits per heavy atom. The molecule has 11 nitrogen and oxygen atoms in total. The highest BCUT2D eigenvalue weighted by Gasteiger charge is 2.47. The van der Waals surface area contributed by atoms with Crippen molar-refractivity contribution in [2.45, 2.75) is 31.1 Å². The van der Waals surface area contributed by atoms with Crippen molar-refractivity contribution in [2.24, 2.45) is 0 Å². The van der Waals surface area contributed by atoms with E-state index >= 15 is 0 Å². The Kier molecular flexibility index (Phi) is 5.60. The number of carbonyl (C=O) groups excluding carboxylic acids is 1. The Labute approximate surface area is 177 Å². The van der Waals surface area contributed by atoms with Crippen molar-refractivity contribution >= 4 is 45.5 Å². The van der Waals surface area contributed by atoms with Gasteiger partial charge >= 0.3 is 0 Å². The molecule has 0 saturated carbocycles. The van der Waals surface area contributed by atoms with Crippen LogP contribution < -0.4 is 10.8 Å². The largest absolute Gasteiger partial charge is 0.387 e. The fourth-order valence-electron chi connectivity index (χ4n) is 3.17. The second kappa shape index (κ2) is 8.16. The van der Waals surface area contributed by atoms with Gasteiger partial charge in [-0.3, -0.25) is 14.6 Å². The predicted octanol–water partition coefficient (Wildman–Crippen LogP) is 0.168. The van der Waals surface area contributed by atoms with Crippen molar-refractivity contribution in [3.8, 4) is 0 Å². The second-order valence-electron chi connectivity index (χ2n) is 6.43. The molecule has 4 atom stereocenters. The molecule has 3 heterocycles. The number of anilines is 1. The number of aliphatic hydroxyl groups is 2.